The number of methoxy groups -OCH3 is 1. The maximum atomic E-state index is 12.6. The maximum Gasteiger partial charge on any atom is 0.243 e. The van der Waals surface area contributed by atoms with Crippen LogP contribution < -0.4 is 4.74 Å². The largest absolute Gasteiger partial charge is 0.497 e. The van der Waals surface area contributed by atoms with Gasteiger partial charge in [0.1, 0.15) is 5.75 Å². The lowest BCUT2D eigenvalue weighted by Crippen LogP contribution is -2.27. The topological polar surface area (TPSA) is 66.9 Å². The maximum absolute atomic E-state index is 12.6. The van der Waals surface area contributed by atoms with Crippen LogP contribution in [-0.2, 0) is 27.8 Å². The van der Waals surface area contributed by atoms with Gasteiger partial charge in [0.2, 0.25) is 15.9 Å². The van der Waals surface area contributed by atoms with Crippen molar-refractivity contribution in [3.05, 3.63) is 59.7 Å². The van der Waals surface area contributed by atoms with Crippen molar-refractivity contribution >= 4 is 15.9 Å². The van der Waals surface area contributed by atoms with Crippen LogP contribution in [0.1, 0.15) is 30.4 Å². The Hall–Kier alpha value is -2.38. The summed E-state index contributed by atoms with van der Waals surface area (Å²) in [5.41, 5.74) is 2.00. The number of hydrogen-bond acceptors (Lipinski definition) is 4. The molecule has 0 aromatic heterocycles. The molecule has 29 heavy (non-hydrogen) atoms. The van der Waals surface area contributed by atoms with E-state index in [0.717, 1.165) is 29.7 Å². The zero-order valence-corrected chi connectivity index (χ0v) is 17.8. The standard InChI is InChI=1S/C22H28N2O4S/c1-23(17-19-5-10-20(28-2)11-6-19)22(25)14-9-18-7-12-21(13-8-18)29(26,27)24-15-3-4-16-24/h5-8,10-13H,3-4,9,14-17H2,1-2H3. The smallest absolute Gasteiger partial charge is 0.243 e. The number of ether oxygens (including phenoxy) is 1. The molecule has 0 aliphatic carbocycles. The third-order valence-corrected chi connectivity index (χ3v) is 7.17. The monoisotopic (exact) mass is 416 g/mol. The molecule has 0 bridgehead atoms. The summed E-state index contributed by atoms with van der Waals surface area (Å²) in [6.45, 7) is 1.73. The Labute approximate surface area is 173 Å². The molecule has 0 N–H and O–H groups in total. The first-order chi connectivity index (χ1) is 13.9. The number of nitrogens with zero attached hydrogens (tertiary/aromatic N) is 2. The highest BCUT2D eigenvalue weighted by molar-refractivity contribution is 7.89. The molecule has 0 unspecified atom stereocenters. The zero-order valence-electron chi connectivity index (χ0n) is 17.0. The van der Waals surface area contributed by atoms with E-state index in [0.29, 0.717) is 37.4 Å². The lowest BCUT2D eigenvalue weighted by Gasteiger charge is -2.18. The summed E-state index contributed by atoms with van der Waals surface area (Å²) < 4.78 is 31.8. The minimum absolute atomic E-state index is 0.0505. The molecule has 156 valence electrons. The quantitative estimate of drug-likeness (QED) is 0.663. The van der Waals surface area contributed by atoms with Crippen molar-refractivity contribution in [1.82, 2.24) is 9.21 Å². The molecule has 1 aliphatic rings. The summed E-state index contributed by atoms with van der Waals surface area (Å²) in [6.07, 6.45) is 2.80. The van der Waals surface area contributed by atoms with Gasteiger partial charge in [0, 0.05) is 33.1 Å². The summed E-state index contributed by atoms with van der Waals surface area (Å²) in [5.74, 6) is 0.840. The van der Waals surface area contributed by atoms with Gasteiger partial charge < -0.3 is 9.64 Å². The van der Waals surface area contributed by atoms with Crippen molar-refractivity contribution in [2.75, 3.05) is 27.2 Å². The molecule has 1 saturated heterocycles. The molecular formula is C22H28N2O4S. The van der Waals surface area contributed by atoms with Gasteiger partial charge in [0.25, 0.3) is 0 Å². The molecule has 2 aromatic rings. The second-order valence-electron chi connectivity index (χ2n) is 7.35. The molecule has 3 rings (SSSR count). The first-order valence-corrected chi connectivity index (χ1v) is 11.3. The van der Waals surface area contributed by atoms with Gasteiger partial charge in [-0.15, -0.1) is 0 Å². The average molecular weight is 417 g/mol. The number of benzene rings is 2. The highest BCUT2D eigenvalue weighted by atomic mass is 32.2. The van der Waals surface area contributed by atoms with Crippen LogP contribution in [0.2, 0.25) is 0 Å². The van der Waals surface area contributed by atoms with Crippen LogP contribution >= 0.6 is 0 Å². The molecule has 1 aliphatic heterocycles. The van der Waals surface area contributed by atoms with Crippen molar-refractivity contribution in [2.45, 2.75) is 37.1 Å². The van der Waals surface area contributed by atoms with E-state index in [1.807, 2.05) is 24.3 Å². The summed E-state index contributed by atoms with van der Waals surface area (Å²) in [6, 6.07) is 14.6. The Balaban J connectivity index is 1.52. The van der Waals surface area contributed by atoms with Crippen LogP contribution in [0.4, 0.5) is 0 Å². The van der Waals surface area contributed by atoms with Crippen molar-refractivity contribution in [3.8, 4) is 5.75 Å². The molecule has 6 nitrogen and oxygen atoms in total. The highest BCUT2D eigenvalue weighted by Gasteiger charge is 2.26. The Kier molecular flexibility index (Phi) is 6.92. The molecule has 1 fully saturated rings. The number of rotatable bonds is 8. The van der Waals surface area contributed by atoms with Gasteiger partial charge in [-0.25, -0.2) is 8.42 Å². The molecule has 1 amide bonds. The first-order valence-electron chi connectivity index (χ1n) is 9.86. The number of aryl methyl sites for hydroxylation is 1. The van der Waals surface area contributed by atoms with Crippen molar-refractivity contribution < 1.29 is 17.9 Å². The molecule has 0 radical (unpaired) electrons. The van der Waals surface area contributed by atoms with Crippen LogP contribution in [0.25, 0.3) is 0 Å². The Morgan fingerprint density at radius 3 is 2.17 bits per heavy atom. The van der Waals surface area contributed by atoms with Crippen LogP contribution in [0.15, 0.2) is 53.4 Å². The van der Waals surface area contributed by atoms with Gasteiger partial charge >= 0.3 is 0 Å². The number of sulfonamides is 1. The first kappa shape index (κ1) is 21.3. The predicted molar refractivity (Wildman–Crippen MR) is 112 cm³/mol. The summed E-state index contributed by atoms with van der Waals surface area (Å²) in [7, 11) is 0.0234. The number of carbonyl (C=O) groups is 1. The van der Waals surface area contributed by atoms with Gasteiger partial charge in [-0.05, 0) is 54.7 Å². The van der Waals surface area contributed by atoms with Crippen molar-refractivity contribution in [3.63, 3.8) is 0 Å². The van der Waals surface area contributed by atoms with Gasteiger partial charge in [-0.2, -0.15) is 4.31 Å². The van der Waals surface area contributed by atoms with Gasteiger partial charge in [0.15, 0.2) is 0 Å². The Morgan fingerprint density at radius 1 is 1.00 bits per heavy atom. The lowest BCUT2D eigenvalue weighted by molar-refractivity contribution is -0.130. The van der Waals surface area contributed by atoms with Gasteiger partial charge in [-0.3, -0.25) is 4.79 Å². The van der Waals surface area contributed by atoms with Gasteiger partial charge in [0.05, 0.1) is 12.0 Å². The SMILES string of the molecule is COc1ccc(CN(C)C(=O)CCc2ccc(S(=O)(=O)N3CCCC3)cc2)cc1. The van der Waals surface area contributed by atoms with Crippen molar-refractivity contribution in [2.24, 2.45) is 0 Å². The Morgan fingerprint density at radius 2 is 1.59 bits per heavy atom. The van der Waals surface area contributed by atoms with E-state index in [1.165, 1.54) is 0 Å². The zero-order chi connectivity index (χ0) is 20.9. The predicted octanol–water partition coefficient (Wildman–Crippen LogP) is 3.07. The van der Waals surface area contributed by atoms with E-state index in [9.17, 15) is 13.2 Å². The van der Waals surface area contributed by atoms with Crippen molar-refractivity contribution in [1.29, 1.82) is 0 Å². The highest BCUT2D eigenvalue weighted by Crippen LogP contribution is 2.21. The molecule has 0 spiro atoms. The van der Waals surface area contributed by atoms with E-state index in [2.05, 4.69) is 0 Å². The fourth-order valence-corrected chi connectivity index (χ4v) is 4.96. The Bertz CT molecular complexity index is 918. The second-order valence-corrected chi connectivity index (χ2v) is 9.29. The summed E-state index contributed by atoms with van der Waals surface area (Å²) >= 11 is 0. The summed E-state index contributed by atoms with van der Waals surface area (Å²) in [4.78, 5) is 14.5. The van der Waals surface area contributed by atoms with Crippen LogP contribution in [0.5, 0.6) is 5.75 Å². The second kappa shape index (κ2) is 9.41. The van der Waals surface area contributed by atoms with E-state index in [-0.39, 0.29) is 5.91 Å². The third-order valence-electron chi connectivity index (χ3n) is 5.26. The molecule has 1 heterocycles. The number of hydrogen-bond donors (Lipinski definition) is 0. The molecule has 2 aromatic carbocycles. The van der Waals surface area contributed by atoms with E-state index in [4.69, 9.17) is 4.74 Å². The number of amides is 1. The van der Waals surface area contributed by atoms with Crippen LogP contribution in [0.3, 0.4) is 0 Å². The van der Waals surface area contributed by atoms with Crippen LogP contribution in [-0.4, -0.2) is 50.8 Å². The minimum atomic E-state index is -3.39. The number of carbonyl (C=O) groups excluding carboxylic acids is 1. The van der Waals surface area contributed by atoms with E-state index >= 15 is 0 Å². The molecular weight excluding hydrogens is 388 g/mol. The van der Waals surface area contributed by atoms with E-state index in [1.54, 1.807) is 47.6 Å². The summed E-state index contributed by atoms with van der Waals surface area (Å²) in [5, 5.41) is 0. The third kappa shape index (κ3) is 5.36. The van der Waals surface area contributed by atoms with Gasteiger partial charge in [-0.1, -0.05) is 24.3 Å². The lowest BCUT2D eigenvalue weighted by atomic mass is 10.1. The average Bonchev–Trinajstić information content (AvgIpc) is 3.28. The fourth-order valence-electron chi connectivity index (χ4n) is 3.44. The van der Waals surface area contributed by atoms with Crippen LogP contribution in [0, 0.1) is 0 Å². The minimum Gasteiger partial charge on any atom is -0.497 e. The fraction of sp³-hybridized carbons (Fsp3) is 0.409. The molecule has 7 heteroatoms. The molecule has 0 saturated carbocycles. The normalized spacial score (nSPS) is 14.7. The molecule has 0 atom stereocenters. The van der Waals surface area contributed by atoms with E-state index < -0.39 is 10.0 Å².